The molecule has 5 nitrogen and oxygen atoms in total. The predicted molar refractivity (Wildman–Crippen MR) is 128 cm³/mol. The van der Waals surface area contributed by atoms with E-state index in [4.69, 9.17) is 11.6 Å². The zero-order valence-corrected chi connectivity index (χ0v) is 19.7. The van der Waals surface area contributed by atoms with Gasteiger partial charge in [0.1, 0.15) is 5.82 Å². The molecule has 0 saturated carbocycles. The minimum Gasteiger partial charge on any atom is -0.357 e. The highest BCUT2D eigenvalue weighted by atomic mass is 127. The van der Waals surface area contributed by atoms with Crippen molar-refractivity contribution in [2.45, 2.75) is 20.3 Å². The molecule has 0 spiro atoms. The molecule has 0 unspecified atom stereocenters. The van der Waals surface area contributed by atoms with Crippen LogP contribution >= 0.6 is 35.6 Å². The number of nitrogens with zero attached hydrogens (tertiary/aromatic N) is 1. The molecule has 158 valence electrons. The van der Waals surface area contributed by atoms with Crippen molar-refractivity contribution in [1.82, 2.24) is 16.0 Å². The Hall–Kier alpha value is -1.87. The Bertz CT molecular complexity index is 832. The molecule has 2 aromatic rings. The van der Waals surface area contributed by atoms with Gasteiger partial charge in [0.2, 0.25) is 0 Å². The average Bonchev–Trinajstić information content (AvgIpc) is 2.67. The summed E-state index contributed by atoms with van der Waals surface area (Å²) in [6.07, 6.45) is 0.728. The fraction of sp³-hybridized carbons (Fsp3) is 0.333. The number of carbonyl (C=O) groups excluding carboxylic acids is 1. The third-order valence-corrected chi connectivity index (χ3v) is 4.45. The van der Waals surface area contributed by atoms with Gasteiger partial charge < -0.3 is 16.0 Å². The van der Waals surface area contributed by atoms with Crippen LogP contribution < -0.4 is 16.0 Å². The molecule has 0 bridgehead atoms. The van der Waals surface area contributed by atoms with Crippen LogP contribution in [0.2, 0.25) is 5.02 Å². The summed E-state index contributed by atoms with van der Waals surface area (Å²) < 4.78 is 13.2. The fourth-order valence-electron chi connectivity index (χ4n) is 2.67. The van der Waals surface area contributed by atoms with Crippen LogP contribution in [-0.2, 0) is 6.42 Å². The van der Waals surface area contributed by atoms with Gasteiger partial charge in [0, 0.05) is 26.2 Å². The number of guanidine groups is 1. The van der Waals surface area contributed by atoms with Crippen LogP contribution in [0.15, 0.2) is 47.5 Å². The Morgan fingerprint density at radius 3 is 2.52 bits per heavy atom. The molecule has 0 atom stereocenters. The number of halogens is 3. The smallest absolute Gasteiger partial charge is 0.252 e. The van der Waals surface area contributed by atoms with E-state index in [0.29, 0.717) is 36.2 Å². The van der Waals surface area contributed by atoms with Crippen LogP contribution in [-0.4, -0.2) is 38.0 Å². The maximum atomic E-state index is 13.2. The van der Waals surface area contributed by atoms with Gasteiger partial charge in [-0.1, -0.05) is 29.8 Å². The number of amides is 1. The molecule has 2 rings (SSSR count). The summed E-state index contributed by atoms with van der Waals surface area (Å²) in [4.78, 5) is 16.7. The molecule has 0 aliphatic carbocycles. The molecule has 2 aromatic carbocycles. The van der Waals surface area contributed by atoms with E-state index in [1.165, 1.54) is 12.1 Å². The van der Waals surface area contributed by atoms with Gasteiger partial charge in [-0.25, -0.2) is 4.39 Å². The number of aliphatic imine (C=N–C) groups is 1. The van der Waals surface area contributed by atoms with E-state index in [1.807, 2.05) is 13.8 Å². The lowest BCUT2D eigenvalue weighted by molar-refractivity contribution is 0.0954. The summed E-state index contributed by atoms with van der Waals surface area (Å²) in [6, 6.07) is 11.7. The molecule has 0 aliphatic rings. The van der Waals surface area contributed by atoms with Crippen molar-refractivity contribution < 1.29 is 9.18 Å². The van der Waals surface area contributed by atoms with Gasteiger partial charge in [-0.15, -0.1) is 24.0 Å². The zero-order valence-electron chi connectivity index (χ0n) is 16.6. The van der Waals surface area contributed by atoms with Gasteiger partial charge in [0.05, 0.1) is 10.6 Å². The second kappa shape index (κ2) is 13.4. The lowest BCUT2D eigenvalue weighted by atomic mass is 10.1. The van der Waals surface area contributed by atoms with Crippen molar-refractivity contribution in [3.8, 4) is 0 Å². The Labute approximate surface area is 193 Å². The number of benzene rings is 2. The van der Waals surface area contributed by atoms with Crippen molar-refractivity contribution in [3.63, 3.8) is 0 Å². The monoisotopic (exact) mass is 532 g/mol. The molecule has 8 heteroatoms. The van der Waals surface area contributed by atoms with Crippen LogP contribution in [0, 0.1) is 12.7 Å². The summed E-state index contributed by atoms with van der Waals surface area (Å²) >= 11 is 6.02. The van der Waals surface area contributed by atoms with E-state index in [-0.39, 0.29) is 35.7 Å². The lowest BCUT2D eigenvalue weighted by Crippen LogP contribution is -2.41. The van der Waals surface area contributed by atoms with Gasteiger partial charge in [-0.05, 0) is 55.7 Å². The normalized spacial score (nSPS) is 10.8. The van der Waals surface area contributed by atoms with Crippen molar-refractivity contribution >= 4 is 47.4 Å². The SMILES string of the molecule is CCNC(=NCCc1ccc(F)cc1C)NCCNC(=O)c1ccccc1Cl.I. The van der Waals surface area contributed by atoms with Gasteiger partial charge in [0.15, 0.2) is 5.96 Å². The standard InChI is InChI=1S/C21H26ClFN4O.HI/c1-3-24-21(26-11-10-16-8-9-17(23)14-15(16)2)27-13-12-25-20(28)18-6-4-5-7-19(18)22;/h4-9,14H,3,10-13H2,1-2H3,(H,25,28)(H2,24,26,27);1H. The average molecular weight is 533 g/mol. The number of hydrogen-bond donors (Lipinski definition) is 3. The molecule has 0 radical (unpaired) electrons. The Morgan fingerprint density at radius 2 is 1.83 bits per heavy atom. The zero-order chi connectivity index (χ0) is 20.4. The first kappa shape index (κ1) is 25.2. The highest BCUT2D eigenvalue weighted by Gasteiger charge is 2.08. The Balaban J connectivity index is 0.00000420. The number of hydrogen-bond acceptors (Lipinski definition) is 2. The van der Waals surface area contributed by atoms with Gasteiger partial charge >= 0.3 is 0 Å². The van der Waals surface area contributed by atoms with Crippen LogP contribution in [0.4, 0.5) is 4.39 Å². The van der Waals surface area contributed by atoms with E-state index in [0.717, 1.165) is 24.1 Å². The molecule has 0 fully saturated rings. The molecule has 0 aliphatic heterocycles. The maximum absolute atomic E-state index is 13.2. The second-order valence-electron chi connectivity index (χ2n) is 6.24. The van der Waals surface area contributed by atoms with E-state index in [2.05, 4.69) is 20.9 Å². The Morgan fingerprint density at radius 1 is 1.10 bits per heavy atom. The van der Waals surface area contributed by atoms with Crippen LogP contribution in [0.1, 0.15) is 28.4 Å². The maximum Gasteiger partial charge on any atom is 0.252 e. The molecule has 3 N–H and O–H groups in total. The minimum absolute atomic E-state index is 0. The molecule has 0 saturated heterocycles. The molecule has 0 heterocycles. The number of nitrogens with one attached hydrogen (secondary N) is 3. The van der Waals surface area contributed by atoms with Crippen LogP contribution in [0.3, 0.4) is 0 Å². The molecule has 29 heavy (non-hydrogen) atoms. The third-order valence-electron chi connectivity index (χ3n) is 4.12. The van der Waals surface area contributed by atoms with E-state index in [1.54, 1.807) is 30.3 Å². The van der Waals surface area contributed by atoms with Crippen molar-refractivity contribution in [2.24, 2.45) is 4.99 Å². The van der Waals surface area contributed by atoms with E-state index >= 15 is 0 Å². The lowest BCUT2D eigenvalue weighted by Gasteiger charge is -2.12. The molecular weight excluding hydrogens is 506 g/mol. The van der Waals surface area contributed by atoms with Gasteiger partial charge in [0.25, 0.3) is 5.91 Å². The van der Waals surface area contributed by atoms with Crippen molar-refractivity contribution in [2.75, 3.05) is 26.2 Å². The van der Waals surface area contributed by atoms with Crippen LogP contribution in [0.25, 0.3) is 0 Å². The number of aryl methyl sites for hydroxylation is 1. The largest absolute Gasteiger partial charge is 0.357 e. The topological polar surface area (TPSA) is 65.5 Å². The van der Waals surface area contributed by atoms with Crippen molar-refractivity contribution in [3.05, 3.63) is 70.0 Å². The summed E-state index contributed by atoms with van der Waals surface area (Å²) in [5.74, 6) is 0.244. The third kappa shape index (κ3) is 8.57. The summed E-state index contributed by atoms with van der Waals surface area (Å²) in [5, 5.41) is 9.61. The molecule has 1 amide bonds. The molecule has 0 aromatic heterocycles. The van der Waals surface area contributed by atoms with E-state index in [9.17, 15) is 9.18 Å². The number of rotatable bonds is 8. The fourth-order valence-corrected chi connectivity index (χ4v) is 2.89. The van der Waals surface area contributed by atoms with Crippen LogP contribution in [0.5, 0.6) is 0 Å². The molecular formula is C21H27ClFIN4O. The highest BCUT2D eigenvalue weighted by molar-refractivity contribution is 14.0. The Kier molecular flexibility index (Phi) is 11.6. The summed E-state index contributed by atoms with van der Waals surface area (Å²) in [6.45, 7) is 6.15. The first-order chi connectivity index (χ1) is 13.5. The second-order valence-corrected chi connectivity index (χ2v) is 6.65. The summed E-state index contributed by atoms with van der Waals surface area (Å²) in [5.41, 5.74) is 2.46. The number of carbonyl (C=O) groups is 1. The van der Waals surface area contributed by atoms with Crippen molar-refractivity contribution in [1.29, 1.82) is 0 Å². The predicted octanol–water partition coefficient (Wildman–Crippen LogP) is 3.93. The first-order valence-electron chi connectivity index (χ1n) is 9.31. The van der Waals surface area contributed by atoms with E-state index < -0.39 is 0 Å². The minimum atomic E-state index is -0.224. The van der Waals surface area contributed by atoms with Gasteiger partial charge in [-0.3, -0.25) is 9.79 Å². The highest BCUT2D eigenvalue weighted by Crippen LogP contribution is 2.14. The van der Waals surface area contributed by atoms with Gasteiger partial charge in [-0.2, -0.15) is 0 Å². The quantitative estimate of drug-likeness (QED) is 0.209. The summed E-state index contributed by atoms with van der Waals surface area (Å²) in [7, 11) is 0. The first-order valence-corrected chi connectivity index (χ1v) is 9.69.